The van der Waals surface area contributed by atoms with Gasteiger partial charge in [0.15, 0.2) is 0 Å². The Labute approximate surface area is 214 Å². The predicted molar refractivity (Wildman–Crippen MR) is 135 cm³/mol. The van der Waals surface area contributed by atoms with E-state index in [0.717, 1.165) is 9.37 Å². The summed E-state index contributed by atoms with van der Waals surface area (Å²) in [4.78, 5) is 39.0. The van der Waals surface area contributed by atoms with E-state index in [1.165, 1.54) is 18.2 Å². The summed E-state index contributed by atoms with van der Waals surface area (Å²) in [6, 6.07) is 15.1. The van der Waals surface area contributed by atoms with Crippen LogP contribution < -0.4 is 15.0 Å². The first kappa shape index (κ1) is 24.6. The Morgan fingerprint density at radius 3 is 2.51 bits per heavy atom. The first-order valence-corrected chi connectivity index (χ1v) is 11.8. The van der Waals surface area contributed by atoms with Gasteiger partial charge in [0.25, 0.3) is 11.8 Å². The number of carbonyl (C=O) groups excluding carboxylic acids is 3. The number of nitrogens with one attached hydrogen (secondary N) is 1. The van der Waals surface area contributed by atoms with E-state index < -0.39 is 17.8 Å². The van der Waals surface area contributed by atoms with E-state index >= 15 is 0 Å². The van der Waals surface area contributed by atoms with E-state index in [4.69, 9.17) is 16.3 Å². The maximum Gasteiger partial charge on any atom is 0.335 e. The molecule has 3 aromatic rings. The predicted octanol–water partition coefficient (Wildman–Crippen LogP) is 5.90. The first-order valence-electron chi connectivity index (χ1n) is 10.6. The number of urea groups is 1. The molecule has 0 atom stereocenters. The van der Waals surface area contributed by atoms with Crippen LogP contribution in [0.2, 0.25) is 5.02 Å². The van der Waals surface area contributed by atoms with Crippen LogP contribution in [-0.4, -0.2) is 24.5 Å². The Balaban J connectivity index is 1.71. The fraction of sp³-hybridized carbons (Fsp3) is 0.115. The Hall–Kier alpha value is -3.49. The Morgan fingerprint density at radius 1 is 1.09 bits per heavy atom. The molecule has 6 nitrogen and oxygen atoms in total. The molecule has 0 radical (unpaired) electrons. The van der Waals surface area contributed by atoms with Gasteiger partial charge in [-0.15, -0.1) is 0 Å². The van der Waals surface area contributed by atoms with Crippen LogP contribution in [0.1, 0.15) is 23.6 Å². The minimum atomic E-state index is -0.835. The quantitative estimate of drug-likeness (QED) is 0.303. The summed E-state index contributed by atoms with van der Waals surface area (Å²) in [5, 5.41) is 2.52. The largest absolute Gasteiger partial charge is 0.494 e. The number of amides is 4. The van der Waals surface area contributed by atoms with Crippen LogP contribution in [0, 0.1) is 5.82 Å². The van der Waals surface area contributed by atoms with E-state index in [0.29, 0.717) is 46.2 Å². The number of ether oxygens (including phenoxy) is 1. The highest BCUT2D eigenvalue weighted by Crippen LogP contribution is 2.33. The lowest BCUT2D eigenvalue weighted by atomic mass is 10.00. The van der Waals surface area contributed by atoms with Crippen LogP contribution in [0.15, 0.2) is 70.7 Å². The molecule has 9 heteroatoms. The third-order valence-corrected chi connectivity index (χ3v) is 6.11. The molecule has 35 heavy (non-hydrogen) atoms. The molecule has 0 aliphatic carbocycles. The lowest BCUT2D eigenvalue weighted by Crippen LogP contribution is -2.54. The third-order valence-electron chi connectivity index (χ3n) is 5.24. The number of hydrogen-bond acceptors (Lipinski definition) is 4. The fourth-order valence-electron chi connectivity index (χ4n) is 3.67. The fourth-order valence-corrected chi connectivity index (χ4v) is 4.22. The number of halogens is 3. The molecular formula is C26H19BrClFN2O4. The van der Waals surface area contributed by atoms with Gasteiger partial charge in [-0.05, 0) is 72.7 Å². The van der Waals surface area contributed by atoms with Gasteiger partial charge in [-0.3, -0.25) is 14.9 Å². The second-order valence-corrected chi connectivity index (χ2v) is 8.98. The van der Waals surface area contributed by atoms with Gasteiger partial charge in [0.1, 0.15) is 17.1 Å². The molecule has 0 aromatic heterocycles. The number of imide groups is 2. The molecule has 1 aliphatic rings. The van der Waals surface area contributed by atoms with Crippen molar-refractivity contribution in [2.24, 2.45) is 0 Å². The summed E-state index contributed by atoms with van der Waals surface area (Å²) in [5.74, 6) is -1.49. The monoisotopic (exact) mass is 556 g/mol. The van der Waals surface area contributed by atoms with Crippen LogP contribution >= 0.6 is 27.5 Å². The molecule has 3 aromatic carbocycles. The molecule has 1 heterocycles. The molecular weight excluding hydrogens is 539 g/mol. The van der Waals surface area contributed by atoms with Gasteiger partial charge in [0, 0.05) is 21.5 Å². The van der Waals surface area contributed by atoms with Crippen LogP contribution in [0.25, 0.3) is 6.08 Å². The molecule has 1 fully saturated rings. The molecule has 0 unspecified atom stereocenters. The minimum Gasteiger partial charge on any atom is -0.494 e. The van der Waals surface area contributed by atoms with E-state index in [2.05, 4.69) is 21.2 Å². The average Bonchev–Trinajstić information content (AvgIpc) is 2.80. The molecule has 1 N–H and O–H groups in total. The Bertz CT molecular complexity index is 1360. The number of rotatable bonds is 6. The van der Waals surface area contributed by atoms with Crippen LogP contribution in [0.3, 0.4) is 0 Å². The summed E-state index contributed by atoms with van der Waals surface area (Å²) in [6.45, 7) is 2.16. The summed E-state index contributed by atoms with van der Waals surface area (Å²) < 4.78 is 20.2. The van der Waals surface area contributed by atoms with Crippen molar-refractivity contribution in [3.8, 4) is 5.75 Å². The second-order valence-electron chi connectivity index (χ2n) is 7.65. The molecule has 1 aliphatic heterocycles. The maximum atomic E-state index is 13.6. The zero-order valence-electron chi connectivity index (χ0n) is 18.5. The zero-order valence-corrected chi connectivity index (χ0v) is 20.8. The third kappa shape index (κ3) is 5.44. The van der Waals surface area contributed by atoms with Crippen molar-refractivity contribution in [1.29, 1.82) is 0 Å². The highest BCUT2D eigenvalue weighted by atomic mass is 79.9. The van der Waals surface area contributed by atoms with Crippen molar-refractivity contribution in [1.82, 2.24) is 5.32 Å². The van der Waals surface area contributed by atoms with Gasteiger partial charge in [-0.25, -0.2) is 14.1 Å². The molecule has 0 bridgehead atoms. The summed E-state index contributed by atoms with van der Waals surface area (Å²) in [6.07, 6.45) is 1.68. The Morgan fingerprint density at radius 2 is 1.83 bits per heavy atom. The molecule has 0 spiro atoms. The normalized spacial score (nSPS) is 14.9. The highest BCUT2D eigenvalue weighted by molar-refractivity contribution is 9.10. The van der Waals surface area contributed by atoms with E-state index in [1.54, 1.807) is 48.5 Å². The van der Waals surface area contributed by atoms with Gasteiger partial charge in [-0.2, -0.15) is 0 Å². The van der Waals surface area contributed by atoms with Crippen molar-refractivity contribution in [3.05, 3.63) is 98.2 Å². The second kappa shape index (κ2) is 10.4. The van der Waals surface area contributed by atoms with Crippen molar-refractivity contribution in [2.75, 3.05) is 11.5 Å². The summed E-state index contributed by atoms with van der Waals surface area (Å²) in [5.41, 5.74) is 1.87. The number of barbiturate groups is 1. The van der Waals surface area contributed by atoms with Crippen LogP contribution in [-0.2, 0) is 16.0 Å². The van der Waals surface area contributed by atoms with Crippen molar-refractivity contribution in [2.45, 2.75) is 13.3 Å². The van der Waals surface area contributed by atoms with E-state index in [1.807, 2.05) is 6.92 Å². The minimum absolute atomic E-state index is 0.232. The summed E-state index contributed by atoms with van der Waals surface area (Å²) in [7, 11) is 0. The standard InChI is InChI=1S/C26H19BrClFN2O4/c1-2-35-23-14-16(13-22(28)20(23)11-15-4-3-5-18(29)10-15)12-21-24(32)30-26(34)31(25(21)33)19-8-6-17(27)7-9-19/h3-10,12-14H,2,11H2,1H3,(H,30,32,34)/b21-12+. The molecule has 0 saturated carbocycles. The SMILES string of the molecule is CCOc1cc(/C=C2\C(=O)NC(=O)N(c3ccc(Br)cc3)C2=O)cc(Cl)c1Cc1cccc(F)c1. The molecule has 4 rings (SSSR count). The maximum absolute atomic E-state index is 13.6. The van der Waals surface area contributed by atoms with Crippen molar-refractivity contribution in [3.63, 3.8) is 0 Å². The van der Waals surface area contributed by atoms with Crippen molar-refractivity contribution < 1.29 is 23.5 Å². The van der Waals surface area contributed by atoms with Gasteiger partial charge in [0.2, 0.25) is 0 Å². The summed E-state index contributed by atoms with van der Waals surface area (Å²) >= 11 is 9.86. The van der Waals surface area contributed by atoms with Gasteiger partial charge in [-0.1, -0.05) is 39.7 Å². The van der Waals surface area contributed by atoms with Gasteiger partial charge in [0.05, 0.1) is 12.3 Å². The smallest absolute Gasteiger partial charge is 0.335 e. The lowest BCUT2D eigenvalue weighted by molar-refractivity contribution is -0.122. The zero-order chi connectivity index (χ0) is 25.1. The van der Waals surface area contributed by atoms with Crippen LogP contribution in [0.4, 0.5) is 14.9 Å². The highest BCUT2D eigenvalue weighted by Gasteiger charge is 2.36. The molecule has 1 saturated heterocycles. The number of hydrogen-bond donors (Lipinski definition) is 1. The molecule has 4 amide bonds. The van der Waals surface area contributed by atoms with Gasteiger partial charge >= 0.3 is 6.03 Å². The lowest BCUT2D eigenvalue weighted by Gasteiger charge is -2.26. The molecule has 178 valence electrons. The van der Waals surface area contributed by atoms with Gasteiger partial charge < -0.3 is 4.74 Å². The van der Waals surface area contributed by atoms with Crippen LogP contribution in [0.5, 0.6) is 5.75 Å². The topological polar surface area (TPSA) is 75.7 Å². The number of carbonyl (C=O) groups is 3. The number of nitrogens with zero attached hydrogens (tertiary/aromatic N) is 1. The van der Waals surface area contributed by atoms with Crippen molar-refractivity contribution >= 4 is 57.1 Å². The number of benzene rings is 3. The van der Waals surface area contributed by atoms with E-state index in [9.17, 15) is 18.8 Å². The van der Waals surface area contributed by atoms with E-state index in [-0.39, 0.29) is 11.4 Å². The number of anilines is 1. The first-order chi connectivity index (χ1) is 16.8. The average molecular weight is 558 g/mol. The Kier molecular flexibility index (Phi) is 7.33.